The van der Waals surface area contributed by atoms with E-state index < -0.39 is 12.0 Å². The molecule has 3 amide bonds. The smallest absolute Gasteiger partial charge is 0.337 e. The van der Waals surface area contributed by atoms with E-state index in [1.165, 1.54) is 13.2 Å². The first-order valence-electron chi connectivity index (χ1n) is 8.00. The Labute approximate surface area is 144 Å². The summed E-state index contributed by atoms with van der Waals surface area (Å²) in [5.74, 6) is -0.771. The first-order valence-corrected chi connectivity index (χ1v) is 8.00. The van der Waals surface area contributed by atoms with Crippen molar-refractivity contribution in [3.8, 4) is 0 Å². The van der Waals surface area contributed by atoms with Crippen LogP contribution in [0.3, 0.4) is 0 Å². The monoisotopic (exact) mass is 336 g/mol. The van der Waals surface area contributed by atoms with Gasteiger partial charge in [0.25, 0.3) is 5.91 Å². The molecule has 25 heavy (non-hydrogen) atoms. The van der Waals surface area contributed by atoms with Gasteiger partial charge in [-0.2, -0.15) is 0 Å². The molecule has 6 heteroatoms. The fraction of sp³-hybridized carbons (Fsp3) is 0.211. The zero-order valence-corrected chi connectivity index (χ0v) is 13.6. The lowest BCUT2D eigenvalue weighted by atomic mass is 9.95. The number of hydrogen-bond acceptors (Lipinski definition) is 4. The number of anilines is 1. The molecule has 0 radical (unpaired) electrons. The molecule has 2 aromatic carbocycles. The second-order valence-electron chi connectivity index (χ2n) is 6.11. The molecule has 0 aromatic heterocycles. The molecule has 2 aliphatic rings. The van der Waals surface area contributed by atoms with Crippen LogP contribution in [-0.2, 0) is 22.5 Å². The van der Waals surface area contributed by atoms with Crippen LogP contribution in [0.5, 0.6) is 0 Å². The third-order valence-corrected chi connectivity index (χ3v) is 4.72. The second kappa shape index (κ2) is 5.73. The molecule has 126 valence electrons. The Morgan fingerprint density at radius 3 is 2.60 bits per heavy atom. The molecule has 0 aliphatic carbocycles. The number of esters is 1. The molecule has 4 rings (SSSR count). The van der Waals surface area contributed by atoms with Gasteiger partial charge in [0.15, 0.2) is 0 Å². The summed E-state index contributed by atoms with van der Waals surface area (Å²) < 4.78 is 4.71. The van der Waals surface area contributed by atoms with Gasteiger partial charge in [0.05, 0.1) is 18.4 Å². The molecule has 0 unspecified atom stereocenters. The van der Waals surface area contributed by atoms with Crippen LogP contribution in [0.15, 0.2) is 48.5 Å². The molecule has 0 bridgehead atoms. The number of urea groups is 1. The Morgan fingerprint density at radius 1 is 1.08 bits per heavy atom. The van der Waals surface area contributed by atoms with E-state index in [1.807, 2.05) is 24.3 Å². The third-order valence-electron chi connectivity index (χ3n) is 4.72. The molecule has 1 fully saturated rings. The Hall–Kier alpha value is -3.15. The Kier molecular flexibility index (Phi) is 3.53. The SMILES string of the molecule is COC(=O)c1cccc(N2C(=O)[C@@H]3Cc4ccccc4CN3C2=O)c1. The van der Waals surface area contributed by atoms with Crippen molar-refractivity contribution in [2.45, 2.75) is 19.0 Å². The summed E-state index contributed by atoms with van der Waals surface area (Å²) in [6.45, 7) is 0.415. The number of ether oxygens (including phenoxy) is 1. The summed E-state index contributed by atoms with van der Waals surface area (Å²) in [6, 6.07) is 13.4. The van der Waals surface area contributed by atoms with Crippen molar-refractivity contribution in [1.82, 2.24) is 4.90 Å². The molecule has 0 spiro atoms. The standard InChI is InChI=1S/C19H16N2O4/c1-25-18(23)13-7-4-8-15(9-13)21-17(22)16-10-12-5-2-3-6-14(12)11-20(16)19(21)24/h2-9,16H,10-11H2,1H3/t16-/m0/s1. The number of methoxy groups -OCH3 is 1. The average molecular weight is 336 g/mol. The zero-order valence-electron chi connectivity index (χ0n) is 13.6. The predicted octanol–water partition coefficient (Wildman–Crippen LogP) is 2.37. The van der Waals surface area contributed by atoms with Crippen LogP contribution in [-0.4, -0.2) is 36.0 Å². The van der Waals surface area contributed by atoms with E-state index >= 15 is 0 Å². The van der Waals surface area contributed by atoms with Gasteiger partial charge in [0.2, 0.25) is 0 Å². The van der Waals surface area contributed by atoms with Crippen molar-refractivity contribution in [3.63, 3.8) is 0 Å². The molecule has 6 nitrogen and oxygen atoms in total. The fourth-order valence-electron chi connectivity index (χ4n) is 3.44. The molecule has 1 saturated heterocycles. The van der Waals surface area contributed by atoms with Crippen LogP contribution >= 0.6 is 0 Å². The van der Waals surface area contributed by atoms with Crippen LogP contribution < -0.4 is 4.90 Å². The number of fused-ring (bicyclic) bond motifs is 2. The van der Waals surface area contributed by atoms with Gasteiger partial charge >= 0.3 is 12.0 Å². The summed E-state index contributed by atoms with van der Waals surface area (Å²) in [6.07, 6.45) is 0.508. The molecular formula is C19H16N2O4. The number of hydrogen-bond donors (Lipinski definition) is 0. The minimum absolute atomic E-state index is 0.262. The topological polar surface area (TPSA) is 66.9 Å². The number of benzene rings is 2. The molecule has 2 aliphatic heterocycles. The minimum Gasteiger partial charge on any atom is -0.465 e. The number of rotatable bonds is 2. The number of imide groups is 1. The van der Waals surface area contributed by atoms with Gasteiger partial charge in [-0.3, -0.25) is 4.79 Å². The Bertz CT molecular complexity index is 849. The molecule has 0 saturated carbocycles. The number of amides is 3. The lowest BCUT2D eigenvalue weighted by molar-refractivity contribution is -0.120. The van der Waals surface area contributed by atoms with E-state index in [2.05, 4.69) is 0 Å². The summed E-state index contributed by atoms with van der Waals surface area (Å²) >= 11 is 0. The highest BCUT2D eigenvalue weighted by atomic mass is 16.5. The van der Waals surface area contributed by atoms with Gasteiger partial charge in [-0.25, -0.2) is 14.5 Å². The maximum absolute atomic E-state index is 12.9. The zero-order chi connectivity index (χ0) is 17.6. The van der Waals surface area contributed by atoms with Gasteiger partial charge in [-0.15, -0.1) is 0 Å². The van der Waals surface area contributed by atoms with E-state index in [1.54, 1.807) is 23.1 Å². The number of carbonyl (C=O) groups is 3. The van der Waals surface area contributed by atoms with E-state index in [-0.39, 0.29) is 11.9 Å². The molecule has 2 heterocycles. The van der Waals surface area contributed by atoms with Crippen molar-refractivity contribution >= 4 is 23.6 Å². The highest BCUT2D eigenvalue weighted by Crippen LogP contribution is 2.33. The number of nitrogens with zero attached hydrogens (tertiary/aromatic N) is 2. The maximum Gasteiger partial charge on any atom is 0.337 e. The first kappa shape index (κ1) is 15.4. The van der Waals surface area contributed by atoms with Crippen LogP contribution in [0.25, 0.3) is 0 Å². The largest absolute Gasteiger partial charge is 0.465 e. The normalized spacial score (nSPS) is 18.8. The summed E-state index contributed by atoms with van der Waals surface area (Å²) in [7, 11) is 1.29. The molecular weight excluding hydrogens is 320 g/mol. The van der Waals surface area contributed by atoms with Gasteiger partial charge in [-0.1, -0.05) is 30.3 Å². The lowest BCUT2D eigenvalue weighted by Gasteiger charge is -2.28. The summed E-state index contributed by atoms with van der Waals surface area (Å²) in [5.41, 5.74) is 2.84. The predicted molar refractivity (Wildman–Crippen MR) is 90.1 cm³/mol. The highest BCUT2D eigenvalue weighted by molar-refractivity contribution is 6.21. The molecule has 1 atom stereocenters. The van der Waals surface area contributed by atoms with E-state index in [0.717, 1.165) is 16.0 Å². The van der Waals surface area contributed by atoms with Crippen molar-refractivity contribution < 1.29 is 19.1 Å². The molecule has 2 aromatic rings. The number of carbonyl (C=O) groups excluding carboxylic acids is 3. The Morgan fingerprint density at radius 2 is 1.84 bits per heavy atom. The van der Waals surface area contributed by atoms with E-state index in [9.17, 15) is 14.4 Å². The second-order valence-corrected chi connectivity index (χ2v) is 6.11. The fourth-order valence-corrected chi connectivity index (χ4v) is 3.44. The van der Waals surface area contributed by atoms with Gasteiger partial charge in [-0.05, 0) is 29.3 Å². The quantitative estimate of drug-likeness (QED) is 0.624. The van der Waals surface area contributed by atoms with Crippen LogP contribution in [0.4, 0.5) is 10.5 Å². The van der Waals surface area contributed by atoms with Crippen molar-refractivity contribution in [3.05, 3.63) is 65.2 Å². The van der Waals surface area contributed by atoms with Crippen LogP contribution in [0.1, 0.15) is 21.5 Å². The lowest BCUT2D eigenvalue weighted by Crippen LogP contribution is -2.39. The summed E-state index contributed by atoms with van der Waals surface area (Å²) in [4.78, 5) is 40.2. The van der Waals surface area contributed by atoms with Gasteiger partial charge in [0, 0.05) is 13.0 Å². The van der Waals surface area contributed by atoms with Gasteiger partial charge in [0.1, 0.15) is 6.04 Å². The van der Waals surface area contributed by atoms with E-state index in [0.29, 0.717) is 24.2 Å². The first-order chi connectivity index (χ1) is 12.1. The van der Waals surface area contributed by atoms with Crippen molar-refractivity contribution in [1.29, 1.82) is 0 Å². The summed E-state index contributed by atoms with van der Waals surface area (Å²) in [5, 5.41) is 0. The third kappa shape index (κ3) is 2.38. The van der Waals surface area contributed by atoms with Crippen LogP contribution in [0, 0.1) is 0 Å². The highest BCUT2D eigenvalue weighted by Gasteiger charge is 2.47. The Balaban J connectivity index is 1.69. The van der Waals surface area contributed by atoms with Crippen molar-refractivity contribution in [2.24, 2.45) is 0 Å². The van der Waals surface area contributed by atoms with E-state index in [4.69, 9.17) is 4.74 Å². The average Bonchev–Trinajstić information content (AvgIpc) is 2.89. The van der Waals surface area contributed by atoms with Gasteiger partial charge < -0.3 is 9.64 Å². The minimum atomic E-state index is -0.508. The van der Waals surface area contributed by atoms with Crippen LogP contribution in [0.2, 0.25) is 0 Å². The molecule has 0 N–H and O–H groups in total. The maximum atomic E-state index is 12.9. The van der Waals surface area contributed by atoms with Crippen molar-refractivity contribution in [2.75, 3.05) is 12.0 Å².